The van der Waals surface area contributed by atoms with Crippen molar-refractivity contribution in [1.82, 2.24) is 10.3 Å². The molecule has 1 rings (SSSR count). The number of nitrogens with two attached hydrogens (primary N) is 4. The van der Waals surface area contributed by atoms with Crippen molar-refractivity contribution < 1.29 is 5.41 Å². The summed E-state index contributed by atoms with van der Waals surface area (Å²) in [5.41, 5.74) is 15.1. The minimum absolute atomic E-state index is 0.104. The lowest BCUT2D eigenvalue weighted by Crippen LogP contribution is -2.44. The third kappa shape index (κ3) is 7.79. The molecule has 0 bridgehead atoms. The van der Waals surface area contributed by atoms with Crippen molar-refractivity contribution in [2.45, 2.75) is 0 Å². The van der Waals surface area contributed by atoms with Gasteiger partial charge < -0.3 is 22.5 Å². The predicted molar refractivity (Wildman–Crippen MR) is 66.2 cm³/mol. The van der Waals surface area contributed by atoms with Crippen LogP contribution >= 0.6 is 45.1 Å². The highest BCUT2D eigenvalue weighted by Crippen LogP contribution is 2.04. The zero-order valence-electron chi connectivity index (χ0n) is 6.89. The molecule has 0 aliphatic heterocycles. The van der Waals surface area contributed by atoms with E-state index in [0.717, 1.165) is 0 Å². The Hall–Kier alpha value is -0.840. The molecule has 6 nitrogen and oxygen atoms in total. The van der Waals surface area contributed by atoms with Crippen molar-refractivity contribution in [2.75, 3.05) is 5.73 Å². The first-order valence-electron chi connectivity index (χ1n) is 3.09. The SMILES string of the molecule is NC(=S)NC(N)=S.Nc1nc(=[NH2+])ss1. The highest BCUT2D eigenvalue weighted by atomic mass is 32.9. The van der Waals surface area contributed by atoms with Crippen LogP contribution in [0.5, 0.6) is 0 Å². The Morgan fingerprint density at radius 3 is 1.86 bits per heavy atom. The van der Waals surface area contributed by atoms with E-state index in [9.17, 15) is 0 Å². The molecular formula is C4H9N6S4+. The van der Waals surface area contributed by atoms with Gasteiger partial charge in [-0.05, 0) is 34.8 Å². The summed E-state index contributed by atoms with van der Waals surface area (Å²) >= 11 is 8.74. The number of anilines is 1. The van der Waals surface area contributed by atoms with Gasteiger partial charge in [-0.15, -0.1) is 0 Å². The fourth-order valence-electron chi connectivity index (χ4n) is 0.353. The molecule has 0 aliphatic rings. The minimum atomic E-state index is 0.104. The molecule has 1 heterocycles. The predicted octanol–water partition coefficient (Wildman–Crippen LogP) is -2.49. The van der Waals surface area contributed by atoms with Crippen LogP contribution in [-0.4, -0.2) is 15.2 Å². The minimum Gasteiger partial charge on any atom is -0.376 e. The number of nitrogens with one attached hydrogen (secondary N) is 1. The number of nitrogen functional groups attached to an aromatic ring is 1. The van der Waals surface area contributed by atoms with E-state index >= 15 is 0 Å². The maximum Gasteiger partial charge on any atom is 0.386 e. The third-order valence-corrected chi connectivity index (χ3v) is 2.77. The van der Waals surface area contributed by atoms with Gasteiger partial charge in [0, 0.05) is 15.3 Å². The van der Waals surface area contributed by atoms with E-state index in [0.29, 0.717) is 9.93 Å². The number of rotatable bonds is 0. The molecule has 9 N–H and O–H groups in total. The second-order valence-electron chi connectivity index (χ2n) is 1.81. The van der Waals surface area contributed by atoms with Gasteiger partial charge in [-0.25, -0.2) is 0 Å². The molecule has 0 atom stereocenters. The summed E-state index contributed by atoms with van der Waals surface area (Å²) in [6.45, 7) is 0. The van der Waals surface area contributed by atoms with E-state index in [1.165, 1.54) is 20.7 Å². The first kappa shape index (κ1) is 13.2. The number of hydrogen-bond acceptors (Lipinski definition) is 6. The van der Waals surface area contributed by atoms with Gasteiger partial charge in [-0.3, -0.25) is 5.41 Å². The van der Waals surface area contributed by atoms with Crippen molar-refractivity contribution in [2.24, 2.45) is 11.5 Å². The van der Waals surface area contributed by atoms with Crippen LogP contribution < -0.4 is 32.7 Å². The highest BCUT2D eigenvalue weighted by molar-refractivity contribution is 7.81. The van der Waals surface area contributed by atoms with E-state index in [4.69, 9.17) is 22.6 Å². The molecule has 0 fully saturated rings. The molecule has 0 unspecified atom stereocenters. The first-order valence-corrected chi connectivity index (χ1v) is 6.05. The van der Waals surface area contributed by atoms with Crippen LogP contribution in [0.2, 0.25) is 0 Å². The largest absolute Gasteiger partial charge is 0.386 e. The van der Waals surface area contributed by atoms with Crippen molar-refractivity contribution in [3.63, 3.8) is 0 Å². The molecule has 78 valence electrons. The van der Waals surface area contributed by atoms with Gasteiger partial charge in [0.1, 0.15) is 0 Å². The monoisotopic (exact) mass is 269 g/mol. The Balaban J connectivity index is 0.000000241. The number of hydrogen-bond donors (Lipinski definition) is 5. The zero-order chi connectivity index (χ0) is 11.1. The quantitative estimate of drug-likeness (QED) is 0.260. The first-order chi connectivity index (χ1) is 6.41. The Bertz CT molecular complexity index is 354. The maximum atomic E-state index is 5.22. The molecule has 14 heavy (non-hydrogen) atoms. The fraction of sp³-hybridized carbons (Fsp3) is 0. The number of nitrogens with zero attached hydrogens (tertiary/aromatic N) is 1. The van der Waals surface area contributed by atoms with Crippen molar-refractivity contribution in [3.05, 3.63) is 4.80 Å². The van der Waals surface area contributed by atoms with Crippen LogP contribution in [0, 0.1) is 0 Å². The Labute approximate surface area is 98.0 Å². The van der Waals surface area contributed by atoms with Gasteiger partial charge in [0.15, 0.2) is 10.2 Å². The van der Waals surface area contributed by atoms with E-state index < -0.39 is 0 Å². The summed E-state index contributed by atoms with van der Waals surface area (Å²) in [7, 11) is 2.78. The van der Waals surface area contributed by atoms with Crippen LogP contribution in [0.4, 0.5) is 5.13 Å². The molecule has 0 spiro atoms. The smallest absolute Gasteiger partial charge is 0.376 e. The molecule has 1 aromatic heterocycles. The Kier molecular flexibility index (Phi) is 6.19. The Morgan fingerprint density at radius 1 is 1.29 bits per heavy atom. The molecule has 0 aromatic carbocycles. The topological polar surface area (TPSA) is 129 Å². The van der Waals surface area contributed by atoms with E-state index in [-0.39, 0.29) is 10.2 Å². The average Bonchev–Trinajstić information content (AvgIpc) is 2.32. The molecule has 1 aromatic rings. The van der Waals surface area contributed by atoms with Crippen LogP contribution in [0.15, 0.2) is 0 Å². The van der Waals surface area contributed by atoms with E-state index in [1.807, 2.05) is 0 Å². The Morgan fingerprint density at radius 2 is 1.79 bits per heavy atom. The van der Waals surface area contributed by atoms with Gasteiger partial charge in [0.2, 0.25) is 0 Å². The zero-order valence-corrected chi connectivity index (χ0v) is 10.2. The summed E-state index contributed by atoms with van der Waals surface area (Å²) in [5.74, 6) is 0. The molecule has 0 radical (unpaired) electrons. The van der Waals surface area contributed by atoms with Crippen molar-refractivity contribution in [1.29, 1.82) is 0 Å². The second-order valence-corrected chi connectivity index (χ2v) is 4.86. The van der Waals surface area contributed by atoms with Gasteiger partial charge in [-0.2, -0.15) is 0 Å². The maximum absolute atomic E-state index is 5.22. The van der Waals surface area contributed by atoms with Gasteiger partial charge in [-0.1, -0.05) is 0 Å². The van der Waals surface area contributed by atoms with Crippen LogP contribution in [-0.2, 0) is 0 Å². The molecular weight excluding hydrogens is 260 g/mol. The van der Waals surface area contributed by atoms with Crippen LogP contribution in [0.25, 0.3) is 0 Å². The number of aromatic nitrogens is 1. The lowest BCUT2D eigenvalue weighted by Gasteiger charge is -1.95. The summed E-state index contributed by atoms with van der Waals surface area (Å²) in [6, 6.07) is 0. The normalized spacial score (nSPS) is 8.29. The molecule has 0 saturated heterocycles. The summed E-state index contributed by atoms with van der Waals surface area (Å²) in [5, 5.41) is 8.29. The second kappa shape index (κ2) is 6.59. The summed E-state index contributed by atoms with van der Waals surface area (Å²) in [4.78, 5) is 4.25. The van der Waals surface area contributed by atoms with Gasteiger partial charge >= 0.3 is 9.93 Å². The average molecular weight is 269 g/mol. The summed E-state index contributed by atoms with van der Waals surface area (Å²) in [6.07, 6.45) is 0. The van der Waals surface area contributed by atoms with Gasteiger partial charge in [0.05, 0.1) is 0 Å². The number of thiocarbonyl (C=S) groups is 2. The molecule has 0 saturated carbocycles. The van der Waals surface area contributed by atoms with Crippen molar-refractivity contribution >= 4 is 60.5 Å². The molecule has 0 amide bonds. The molecule has 0 aliphatic carbocycles. The standard InChI is InChI=1S/C2H3N3S2.C2H5N3S2/c3-1-5-2(4)7-6-1;3-1(6)5-2(4)7/h(H3,3,4,5);(H5,3,4,5,6,7)/p+1. The van der Waals surface area contributed by atoms with E-state index in [1.54, 1.807) is 0 Å². The van der Waals surface area contributed by atoms with Crippen LogP contribution in [0.3, 0.4) is 0 Å². The third-order valence-electron chi connectivity index (χ3n) is 0.679. The van der Waals surface area contributed by atoms with Gasteiger partial charge in [0.25, 0.3) is 0 Å². The highest BCUT2D eigenvalue weighted by Gasteiger charge is 1.95. The van der Waals surface area contributed by atoms with E-state index in [2.05, 4.69) is 34.7 Å². The lowest BCUT2D eigenvalue weighted by atomic mass is 11.0. The summed E-state index contributed by atoms with van der Waals surface area (Å²) < 4.78 is 0. The van der Waals surface area contributed by atoms with Crippen LogP contribution in [0.1, 0.15) is 0 Å². The fourth-order valence-corrected chi connectivity index (χ4v) is 1.87. The van der Waals surface area contributed by atoms with Crippen molar-refractivity contribution in [3.8, 4) is 0 Å². The lowest BCUT2D eigenvalue weighted by molar-refractivity contribution is -0.172. The molecule has 10 heteroatoms.